The fourth-order valence-corrected chi connectivity index (χ4v) is 1.54. The van der Waals surface area contributed by atoms with Crippen molar-refractivity contribution in [2.45, 2.75) is 4.90 Å². The molecule has 0 atom stereocenters. The van der Waals surface area contributed by atoms with Crippen LogP contribution in [0.1, 0.15) is 5.56 Å². The summed E-state index contributed by atoms with van der Waals surface area (Å²) < 4.78 is 0. The molecule has 1 N–H and O–H groups in total. The van der Waals surface area contributed by atoms with E-state index < -0.39 is 5.97 Å². The lowest BCUT2D eigenvalue weighted by atomic mass is 10.2. The molecule has 0 amide bonds. The van der Waals surface area contributed by atoms with Crippen molar-refractivity contribution in [2.24, 2.45) is 0 Å². The highest BCUT2D eigenvalue weighted by molar-refractivity contribution is 7.98. The second kappa shape index (κ2) is 6.56. The molecule has 0 saturated heterocycles. The Hall–Kier alpha value is -1.99. The summed E-state index contributed by atoms with van der Waals surface area (Å²) in [6, 6.07) is 9.45. The number of hydrogen-bond acceptors (Lipinski definition) is 3. The smallest absolute Gasteiger partial charge is 0.346 e. The predicted octanol–water partition coefficient (Wildman–Crippen LogP) is 2.96. The summed E-state index contributed by atoms with van der Waals surface area (Å²) in [6.45, 7) is 0. The predicted molar refractivity (Wildman–Crippen MR) is 68.6 cm³/mol. The zero-order valence-electron chi connectivity index (χ0n) is 9.25. The molecule has 1 aromatic rings. The number of carboxylic acid groups (broad SMARTS) is 1. The van der Waals surface area contributed by atoms with Crippen LogP contribution in [0.25, 0.3) is 6.08 Å². The van der Waals surface area contributed by atoms with Crippen LogP contribution in [0.4, 0.5) is 0 Å². The normalized spacial score (nSPS) is 11.4. The number of allylic oxidation sites excluding steroid dienone is 2. The molecule has 1 aromatic carbocycles. The number of nitriles is 1. The minimum atomic E-state index is -1.21. The lowest BCUT2D eigenvalue weighted by Crippen LogP contribution is -1.96. The Kier molecular flexibility index (Phi) is 5.05. The van der Waals surface area contributed by atoms with Gasteiger partial charge in [0.05, 0.1) is 0 Å². The first-order valence-corrected chi connectivity index (χ1v) is 6.05. The number of rotatable bonds is 4. The van der Waals surface area contributed by atoms with Crippen LogP contribution in [0.15, 0.2) is 46.9 Å². The Balaban J connectivity index is 2.77. The molecule has 0 aliphatic carbocycles. The van der Waals surface area contributed by atoms with Crippen molar-refractivity contribution < 1.29 is 9.90 Å². The molecular weight excluding hydrogens is 234 g/mol. The van der Waals surface area contributed by atoms with Crippen molar-refractivity contribution in [1.82, 2.24) is 0 Å². The van der Waals surface area contributed by atoms with E-state index in [0.29, 0.717) is 0 Å². The SMILES string of the molecule is CSc1ccc(/C=C/C=C(\C#N)C(=O)O)cc1. The fraction of sp³-hybridized carbons (Fsp3) is 0.0769. The molecule has 0 bridgehead atoms. The number of benzene rings is 1. The second-order valence-electron chi connectivity index (χ2n) is 3.13. The largest absolute Gasteiger partial charge is 0.477 e. The van der Waals surface area contributed by atoms with Crippen molar-refractivity contribution in [2.75, 3.05) is 6.26 Å². The van der Waals surface area contributed by atoms with Gasteiger partial charge in [-0.15, -0.1) is 11.8 Å². The third kappa shape index (κ3) is 4.17. The van der Waals surface area contributed by atoms with Crippen LogP contribution < -0.4 is 0 Å². The van der Waals surface area contributed by atoms with Gasteiger partial charge < -0.3 is 5.11 Å². The lowest BCUT2D eigenvalue weighted by Gasteiger charge is -1.96. The molecule has 3 nitrogen and oxygen atoms in total. The van der Waals surface area contributed by atoms with Gasteiger partial charge in [-0.1, -0.05) is 24.3 Å². The van der Waals surface area contributed by atoms with E-state index in [1.807, 2.05) is 30.5 Å². The van der Waals surface area contributed by atoms with Crippen molar-refractivity contribution in [3.8, 4) is 6.07 Å². The Morgan fingerprint density at radius 1 is 1.41 bits per heavy atom. The minimum Gasteiger partial charge on any atom is -0.477 e. The molecule has 0 aromatic heterocycles. The number of carboxylic acids is 1. The highest BCUT2D eigenvalue weighted by atomic mass is 32.2. The molecule has 0 aliphatic heterocycles. The number of aliphatic carboxylic acids is 1. The van der Waals surface area contributed by atoms with Gasteiger partial charge in [0.25, 0.3) is 0 Å². The fourth-order valence-electron chi connectivity index (χ4n) is 1.13. The van der Waals surface area contributed by atoms with E-state index in [4.69, 9.17) is 10.4 Å². The van der Waals surface area contributed by atoms with Crippen LogP contribution in [-0.2, 0) is 4.79 Å². The van der Waals surface area contributed by atoms with Gasteiger partial charge in [-0.25, -0.2) is 4.79 Å². The third-order valence-corrected chi connectivity index (χ3v) is 2.76. The van der Waals surface area contributed by atoms with Gasteiger partial charge >= 0.3 is 5.97 Å². The summed E-state index contributed by atoms with van der Waals surface area (Å²) in [6.07, 6.45) is 6.59. The molecular formula is C13H11NO2S. The molecule has 0 heterocycles. The summed E-state index contributed by atoms with van der Waals surface area (Å²) in [7, 11) is 0. The topological polar surface area (TPSA) is 61.1 Å². The molecule has 0 saturated carbocycles. The zero-order valence-corrected chi connectivity index (χ0v) is 10.1. The maximum absolute atomic E-state index is 10.5. The van der Waals surface area contributed by atoms with E-state index in [0.717, 1.165) is 5.56 Å². The first-order valence-electron chi connectivity index (χ1n) is 4.83. The monoisotopic (exact) mass is 245 g/mol. The Morgan fingerprint density at radius 2 is 2.06 bits per heavy atom. The van der Waals surface area contributed by atoms with E-state index >= 15 is 0 Å². The van der Waals surface area contributed by atoms with Gasteiger partial charge in [0.1, 0.15) is 11.6 Å². The Bertz CT molecular complexity index is 495. The third-order valence-electron chi connectivity index (χ3n) is 2.02. The zero-order chi connectivity index (χ0) is 12.7. The number of carbonyl (C=O) groups is 1. The van der Waals surface area contributed by atoms with Crippen LogP contribution >= 0.6 is 11.8 Å². The highest BCUT2D eigenvalue weighted by Gasteiger charge is 2.02. The highest BCUT2D eigenvalue weighted by Crippen LogP contribution is 2.15. The van der Waals surface area contributed by atoms with E-state index in [1.165, 1.54) is 11.0 Å². The Morgan fingerprint density at radius 3 is 2.53 bits per heavy atom. The number of thioether (sulfide) groups is 1. The van der Waals surface area contributed by atoms with Crippen LogP contribution in [0.2, 0.25) is 0 Å². The van der Waals surface area contributed by atoms with Crippen molar-refractivity contribution in [1.29, 1.82) is 5.26 Å². The van der Waals surface area contributed by atoms with Crippen LogP contribution in [0, 0.1) is 11.3 Å². The van der Waals surface area contributed by atoms with Crippen molar-refractivity contribution in [3.05, 3.63) is 47.6 Å². The van der Waals surface area contributed by atoms with Crippen LogP contribution in [0.5, 0.6) is 0 Å². The van der Waals surface area contributed by atoms with Crippen LogP contribution in [0.3, 0.4) is 0 Å². The van der Waals surface area contributed by atoms with Gasteiger partial charge in [0, 0.05) is 4.90 Å². The average Bonchev–Trinajstić information content (AvgIpc) is 2.35. The summed E-state index contributed by atoms with van der Waals surface area (Å²) in [5.41, 5.74) is 0.684. The minimum absolute atomic E-state index is 0.276. The molecule has 0 fully saturated rings. The Labute approximate surface area is 104 Å². The van der Waals surface area contributed by atoms with Gasteiger partial charge in [0.15, 0.2) is 0 Å². The maximum atomic E-state index is 10.5. The summed E-state index contributed by atoms with van der Waals surface area (Å²) in [5.74, 6) is -1.21. The quantitative estimate of drug-likeness (QED) is 0.383. The number of hydrogen-bond donors (Lipinski definition) is 1. The maximum Gasteiger partial charge on any atom is 0.346 e. The van der Waals surface area contributed by atoms with Gasteiger partial charge in [-0.05, 0) is 30.0 Å². The molecule has 0 aliphatic rings. The summed E-state index contributed by atoms with van der Waals surface area (Å²) in [5, 5.41) is 17.1. The van der Waals surface area contributed by atoms with Gasteiger partial charge in [0.2, 0.25) is 0 Å². The molecule has 17 heavy (non-hydrogen) atoms. The van der Waals surface area contributed by atoms with Gasteiger partial charge in [-0.2, -0.15) is 5.26 Å². The first-order chi connectivity index (χ1) is 8.17. The number of nitrogens with zero attached hydrogens (tertiary/aromatic N) is 1. The molecule has 0 unspecified atom stereocenters. The van der Waals surface area contributed by atoms with E-state index in [2.05, 4.69) is 0 Å². The van der Waals surface area contributed by atoms with E-state index in [1.54, 1.807) is 30.0 Å². The first kappa shape index (κ1) is 13.1. The molecule has 0 spiro atoms. The van der Waals surface area contributed by atoms with Crippen molar-refractivity contribution >= 4 is 23.8 Å². The molecule has 0 radical (unpaired) electrons. The standard InChI is InChI=1S/C13H11NO2S/c1-17-12-7-5-10(6-8-12)3-2-4-11(9-14)13(15)16/h2-8H,1H3,(H,15,16)/b3-2+,11-4+. The van der Waals surface area contributed by atoms with Crippen molar-refractivity contribution in [3.63, 3.8) is 0 Å². The summed E-state index contributed by atoms with van der Waals surface area (Å²) in [4.78, 5) is 11.7. The molecule has 86 valence electrons. The van der Waals surface area contributed by atoms with Gasteiger partial charge in [-0.3, -0.25) is 0 Å². The molecule has 4 heteroatoms. The second-order valence-corrected chi connectivity index (χ2v) is 4.01. The van der Waals surface area contributed by atoms with E-state index in [-0.39, 0.29) is 5.57 Å². The molecule has 1 rings (SSSR count). The van der Waals surface area contributed by atoms with E-state index in [9.17, 15) is 4.79 Å². The summed E-state index contributed by atoms with van der Waals surface area (Å²) >= 11 is 1.66. The van der Waals surface area contributed by atoms with Crippen LogP contribution in [-0.4, -0.2) is 17.3 Å². The lowest BCUT2D eigenvalue weighted by molar-refractivity contribution is -0.132. The average molecular weight is 245 g/mol.